The van der Waals surface area contributed by atoms with Gasteiger partial charge in [0.25, 0.3) is 0 Å². The number of hydrogen-bond donors (Lipinski definition) is 1. The lowest BCUT2D eigenvalue weighted by Gasteiger charge is -2.35. The number of piperazine rings is 1. The number of pyridine rings is 1. The number of nitroso groups, excluding NO2 is 1. The predicted octanol–water partition coefficient (Wildman–Crippen LogP) is 5.97. The van der Waals surface area contributed by atoms with Crippen LogP contribution in [0.4, 0.5) is 35.2 Å². The van der Waals surface area contributed by atoms with Gasteiger partial charge in [0.1, 0.15) is 17.6 Å². The zero-order valence-corrected chi connectivity index (χ0v) is 21.2. The van der Waals surface area contributed by atoms with Crippen molar-refractivity contribution in [1.29, 1.82) is 0 Å². The average molecular weight is 536 g/mol. The summed E-state index contributed by atoms with van der Waals surface area (Å²) in [6, 6.07) is 9.07. The minimum atomic E-state index is -4.65. The van der Waals surface area contributed by atoms with E-state index in [9.17, 15) is 22.9 Å². The Morgan fingerprint density at radius 2 is 1.84 bits per heavy atom. The number of carbonyl (C=O) groups excluding carboxylic acids is 1. The SMILES string of the molecule is CCCOC(=O)N1CCN(c2cccc(O[C@H]3CC[C@H](Nc4ccc(N=O)c(C(F)(F)F)c4)CC3)n2)CC1. The second kappa shape index (κ2) is 12.3. The van der Waals surface area contributed by atoms with Crippen molar-refractivity contribution < 1.29 is 27.4 Å². The van der Waals surface area contributed by atoms with Crippen LogP contribution >= 0.6 is 0 Å². The van der Waals surface area contributed by atoms with E-state index in [4.69, 9.17) is 9.47 Å². The average Bonchev–Trinajstić information content (AvgIpc) is 2.92. The van der Waals surface area contributed by atoms with Crippen LogP contribution in [0.1, 0.15) is 44.6 Å². The quantitative estimate of drug-likeness (QED) is 0.416. The summed E-state index contributed by atoms with van der Waals surface area (Å²) in [6.07, 6.45) is -1.31. The first kappa shape index (κ1) is 27.5. The normalized spacial score (nSPS) is 20.1. The standard InChI is InChI=1S/C26H32F3N5O4/c1-2-16-37-25(35)34-14-12-33(13-15-34)23-4-3-5-24(31-23)38-20-9-6-18(7-10-20)30-19-8-11-22(32-36)21(17-19)26(27,28)29/h3-5,8,11,17-18,20,30H,2,6-7,9-10,12-16H2,1H3/t18-,20-. The molecule has 1 aliphatic heterocycles. The summed E-state index contributed by atoms with van der Waals surface area (Å²) in [6.45, 7) is 4.79. The Hall–Kier alpha value is -3.57. The molecule has 12 heteroatoms. The van der Waals surface area contributed by atoms with Gasteiger partial charge in [-0.05, 0) is 61.5 Å². The molecule has 2 aliphatic rings. The van der Waals surface area contributed by atoms with Crippen LogP contribution < -0.4 is 15.0 Å². The topological polar surface area (TPSA) is 96.4 Å². The molecular formula is C26H32F3N5O4. The van der Waals surface area contributed by atoms with E-state index in [1.165, 1.54) is 6.07 Å². The summed E-state index contributed by atoms with van der Waals surface area (Å²) >= 11 is 0. The first-order valence-electron chi connectivity index (χ1n) is 12.9. The van der Waals surface area contributed by atoms with E-state index in [0.29, 0.717) is 44.4 Å². The number of aromatic nitrogens is 1. The molecular weight excluding hydrogens is 503 g/mol. The van der Waals surface area contributed by atoms with Crippen LogP contribution in [0.15, 0.2) is 41.6 Å². The lowest BCUT2D eigenvalue weighted by atomic mass is 9.92. The highest BCUT2D eigenvalue weighted by molar-refractivity contribution is 5.68. The molecule has 0 atom stereocenters. The van der Waals surface area contributed by atoms with Crippen molar-refractivity contribution in [2.24, 2.45) is 5.18 Å². The summed E-state index contributed by atoms with van der Waals surface area (Å²) in [5.41, 5.74) is -1.35. The molecule has 0 unspecified atom stereocenters. The second-order valence-electron chi connectivity index (χ2n) is 9.48. The summed E-state index contributed by atoms with van der Waals surface area (Å²) in [7, 11) is 0. The number of anilines is 2. The van der Waals surface area contributed by atoms with Crippen LogP contribution in [0, 0.1) is 4.91 Å². The Kier molecular flexibility index (Phi) is 8.90. The van der Waals surface area contributed by atoms with Crippen LogP contribution in [0.2, 0.25) is 0 Å². The van der Waals surface area contributed by atoms with E-state index in [0.717, 1.165) is 50.1 Å². The summed E-state index contributed by atoms with van der Waals surface area (Å²) < 4.78 is 51.0. The molecule has 4 rings (SSSR count). The molecule has 1 saturated carbocycles. The fourth-order valence-electron chi connectivity index (χ4n) is 4.71. The van der Waals surface area contributed by atoms with Gasteiger partial charge in [-0.2, -0.15) is 18.2 Å². The van der Waals surface area contributed by atoms with Crippen molar-refractivity contribution in [1.82, 2.24) is 9.88 Å². The molecule has 0 radical (unpaired) electrons. The van der Waals surface area contributed by atoms with Crippen molar-refractivity contribution in [3.8, 4) is 5.88 Å². The van der Waals surface area contributed by atoms with Crippen molar-refractivity contribution >= 4 is 23.3 Å². The first-order valence-corrected chi connectivity index (χ1v) is 12.9. The fourth-order valence-corrected chi connectivity index (χ4v) is 4.71. The monoisotopic (exact) mass is 535 g/mol. The number of hydrogen-bond acceptors (Lipinski definition) is 8. The van der Waals surface area contributed by atoms with E-state index in [1.54, 1.807) is 4.90 Å². The molecule has 0 bridgehead atoms. The third-order valence-corrected chi connectivity index (χ3v) is 6.73. The van der Waals surface area contributed by atoms with Crippen molar-refractivity contribution in [3.05, 3.63) is 46.9 Å². The Balaban J connectivity index is 1.26. The van der Waals surface area contributed by atoms with Gasteiger partial charge in [0.2, 0.25) is 5.88 Å². The summed E-state index contributed by atoms with van der Waals surface area (Å²) in [5, 5.41) is 5.63. The predicted molar refractivity (Wildman–Crippen MR) is 137 cm³/mol. The van der Waals surface area contributed by atoms with Crippen LogP contribution in [-0.4, -0.2) is 60.9 Å². The summed E-state index contributed by atoms with van der Waals surface area (Å²) in [4.78, 5) is 31.3. The Morgan fingerprint density at radius 3 is 2.50 bits per heavy atom. The van der Waals surface area contributed by atoms with Gasteiger partial charge in [-0.15, -0.1) is 4.91 Å². The van der Waals surface area contributed by atoms with E-state index >= 15 is 0 Å². The number of carbonyl (C=O) groups is 1. The molecule has 1 N–H and O–H groups in total. The molecule has 1 aliphatic carbocycles. The number of nitrogens with zero attached hydrogens (tertiary/aromatic N) is 4. The highest BCUT2D eigenvalue weighted by Crippen LogP contribution is 2.38. The molecule has 1 aromatic carbocycles. The maximum atomic E-state index is 13.2. The van der Waals surface area contributed by atoms with Gasteiger partial charge in [0.05, 0.1) is 12.2 Å². The minimum absolute atomic E-state index is 0.00872. The number of amides is 1. The molecule has 206 valence electrons. The van der Waals surface area contributed by atoms with Crippen molar-refractivity contribution in [3.63, 3.8) is 0 Å². The highest BCUT2D eigenvalue weighted by atomic mass is 19.4. The number of halogens is 3. The molecule has 2 fully saturated rings. The number of benzene rings is 1. The van der Waals surface area contributed by atoms with Gasteiger partial charge in [0.15, 0.2) is 0 Å². The highest BCUT2D eigenvalue weighted by Gasteiger charge is 2.35. The zero-order valence-electron chi connectivity index (χ0n) is 21.2. The molecule has 0 spiro atoms. The Morgan fingerprint density at radius 1 is 1.11 bits per heavy atom. The van der Waals surface area contributed by atoms with Crippen LogP contribution in [0.25, 0.3) is 0 Å². The van der Waals surface area contributed by atoms with E-state index < -0.39 is 17.4 Å². The van der Waals surface area contributed by atoms with E-state index in [2.05, 4.69) is 20.4 Å². The lowest BCUT2D eigenvalue weighted by Crippen LogP contribution is -2.49. The third kappa shape index (κ3) is 7.05. The Labute approximate surface area is 219 Å². The largest absolute Gasteiger partial charge is 0.474 e. The molecule has 1 aromatic heterocycles. The van der Waals surface area contributed by atoms with Gasteiger partial charge in [-0.3, -0.25) is 0 Å². The number of ether oxygens (including phenoxy) is 2. The van der Waals surface area contributed by atoms with E-state index in [-0.39, 0.29) is 18.2 Å². The molecule has 2 aromatic rings. The minimum Gasteiger partial charge on any atom is -0.474 e. The van der Waals surface area contributed by atoms with Crippen molar-refractivity contribution in [2.45, 2.75) is 57.3 Å². The molecule has 1 amide bonds. The van der Waals surface area contributed by atoms with Gasteiger partial charge in [-0.25, -0.2) is 4.79 Å². The summed E-state index contributed by atoms with van der Waals surface area (Å²) in [5.74, 6) is 1.31. The second-order valence-corrected chi connectivity index (χ2v) is 9.48. The fraction of sp³-hybridized carbons (Fsp3) is 0.538. The van der Waals surface area contributed by atoms with Gasteiger partial charge in [0, 0.05) is 44.0 Å². The lowest BCUT2D eigenvalue weighted by molar-refractivity contribution is -0.137. The molecule has 2 heterocycles. The van der Waals surface area contributed by atoms with Crippen molar-refractivity contribution in [2.75, 3.05) is 43.0 Å². The van der Waals surface area contributed by atoms with E-state index in [1.807, 2.05) is 25.1 Å². The molecule has 9 nitrogen and oxygen atoms in total. The van der Waals surface area contributed by atoms with Crippen LogP contribution in [0.3, 0.4) is 0 Å². The maximum Gasteiger partial charge on any atom is 0.418 e. The van der Waals surface area contributed by atoms with Crippen LogP contribution in [0.5, 0.6) is 5.88 Å². The zero-order chi connectivity index (χ0) is 27.1. The Bertz CT molecular complexity index is 1100. The first-order chi connectivity index (χ1) is 18.3. The molecule has 38 heavy (non-hydrogen) atoms. The smallest absolute Gasteiger partial charge is 0.418 e. The van der Waals surface area contributed by atoms with Gasteiger partial charge in [-0.1, -0.05) is 13.0 Å². The third-order valence-electron chi connectivity index (χ3n) is 6.73. The van der Waals surface area contributed by atoms with Gasteiger partial charge < -0.3 is 24.6 Å². The number of rotatable bonds is 8. The molecule has 1 saturated heterocycles. The number of alkyl halides is 3. The maximum absolute atomic E-state index is 13.2. The number of nitrogens with one attached hydrogen (secondary N) is 1. The van der Waals surface area contributed by atoms with Gasteiger partial charge >= 0.3 is 12.3 Å². The van der Waals surface area contributed by atoms with Crippen LogP contribution in [-0.2, 0) is 10.9 Å².